The molecule has 0 saturated heterocycles. The maximum absolute atomic E-state index is 7.26. The molecule has 3 N–H and O–H groups in total. The summed E-state index contributed by atoms with van der Waals surface area (Å²) in [5.74, 6) is 0.374. The van der Waals surface area contributed by atoms with Crippen LogP contribution in [0.15, 0.2) is 18.2 Å². The summed E-state index contributed by atoms with van der Waals surface area (Å²) < 4.78 is 15.6. The Morgan fingerprint density at radius 1 is 1.28 bits per heavy atom. The van der Waals surface area contributed by atoms with E-state index in [1.54, 1.807) is 25.3 Å². The summed E-state index contributed by atoms with van der Waals surface area (Å²) in [6.07, 6.45) is 0.870. The van der Waals surface area contributed by atoms with E-state index in [4.69, 9.17) is 25.4 Å². The van der Waals surface area contributed by atoms with Crippen molar-refractivity contribution in [3.63, 3.8) is 0 Å². The summed E-state index contributed by atoms with van der Waals surface area (Å²) in [5, 5.41) is 7.26. The first-order valence-electron chi connectivity index (χ1n) is 5.75. The molecular formula is C12H19N3O3. The van der Waals surface area contributed by atoms with Gasteiger partial charge in [0.25, 0.3) is 0 Å². The summed E-state index contributed by atoms with van der Waals surface area (Å²) >= 11 is 0. The topological polar surface area (TPSA) is 90.5 Å². The number of ether oxygens (including phenoxy) is 3. The Kier molecular flexibility index (Phi) is 6.75. The first kappa shape index (κ1) is 14.4. The number of nitrogens with zero attached hydrogens (tertiary/aromatic N) is 1. The van der Waals surface area contributed by atoms with Crippen LogP contribution in [0.5, 0.6) is 5.88 Å². The minimum Gasteiger partial charge on any atom is -0.475 e. The highest BCUT2D eigenvalue weighted by Gasteiger charge is 2.00. The van der Waals surface area contributed by atoms with Crippen molar-refractivity contribution in [2.24, 2.45) is 5.73 Å². The molecule has 0 atom stereocenters. The van der Waals surface area contributed by atoms with Gasteiger partial charge in [0.15, 0.2) is 0 Å². The monoisotopic (exact) mass is 253 g/mol. The molecule has 0 bridgehead atoms. The molecule has 100 valence electrons. The first-order valence-corrected chi connectivity index (χ1v) is 5.75. The van der Waals surface area contributed by atoms with Crippen LogP contribution in [0.4, 0.5) is 0 Å². The van der Waals surface area contributed by atoms with E-state index in [9.17, 15) is 0 Å². The third-order valence-corrected chi connectivity index (χ3v) is 2.11. The average molecular weight is 253 g/mol. The van der Waals surface area contributed by atoms with E-state index in [0.717, 1.165) is 6.42 Å². The normalized spacial score (nSPS) is 10.3. The molecule has 0 aromatic carbocycles. The lowest BCUT2D eigenvalue weighted by Crippen LogP contribution is -2.14. The molecule has 0 spiro atoms. The maximum Gasteiger partial charge on any atom is 0.213 e. The zero-order valence-electron chi connectivity index (χ0n) is 10.5. The Morgan fingerprint density at radius 3 is 2.83 bits per heavy atom. The first-order chi connectivity index (χ1) is 8.74. The van der Waals surface area contributed by atoms with E-state index in [2.05, 4.69) is 4.98 Å². The Labute approximate surface area is 107 Å². The lowest BCUT2D eigenvalue weighted by molar-refractivity contribution is 0.0795. The molecular weight excluding hydrogens is 234 g/mol. The van der Waals surface area contributed by atoms with Gasteiger partial charge in [-0.1, -0.05) is 6.07 Å². The van der Waals surface area contributed by atoms with Crippen LogP contribution in [-0.4, -0.2) is 44.4 Å². The van der Waals surface area contributed by atoms with Gasteiger partial charge in [-0.15, -0.1) is 0 Å². The molecule has 1 heterocycles. The second-order valence-corrected chi connectivity index (χ2v) is 3.58. The summed E-state index contributed by atoms with van der Waals surface area (Å²) in [7, 11) is 1.66. The number of nitrogen functional groups attached to an aromatic ring is 1. The molecule has 0 aliphatic rings. The lowest BCUT2D eigenvalue weighted by atomic mass is 10.3. The Morgan fingerprint density at radius 2 is 2.11 bits per heavy atom. The highest BCUT2D eigenvalue weighted by molar-refractivity contribution is 5.93. The number of hydrogen-bond acceptors (Lipinski definition) is 5. The SMILES string of the molecule is COCCCOCCOc1cccc(C(=N)N)n1. The number of pyridine rings is 1. The molecule has 0 amide bonds. The molecule has 1 aromatic heterocycles. The van der Waals surface area contributed by atoms with Crippen LogP contribution in [0, 0.1) is 5.41 Å². The zero-order valence-corrected chi connectivity index (χ0v) is 10.5. The molecule has 6 nitrogen and oxygen atoms in total. The summed E-state index contributed by atoms with van der Waals surface area (Å²) in [6, 6.07) is 5.13. The van der Waals surface area contributed by atoms with Crippen LogP contribution in [0.3, 0.4) is 0 Å². The van der Waals surface area contributed by atoms with E-state index in [1.807, 2.05) is 0 Å². The van der Waals surface area contributed by atoms with Gasteiger partial charge in [-0.05, 0) is 12.5 Å². The highest BCUT2D eigenvalue weighted by atomic mass is 16.5. The van der Waals surface area contributed by atoms with E-state index >= 15 is 0 Å². The molecule has 1 aromatic rings. The fourth-order valence-corrected chi connectivity index (χ4v) is 1.26. The fraction of sp³-hybridized carbons (Fsp3) is 0.500. The van der Waals surface area contributed by atoms with Crippen molar-refractivity contribution in [3.8, 4) is 5.88 Å². The van der Waals surface area contributed by atoms with Gasteiger partial charge in [0, 0.05) is 26.4 Å². The Hall–Kier alpha value is -1.66. The van der Waals surface area contributed by atoms with Crippen molar-refractivity contribution in [2.45, 2.75) is 6.42 Å². The zero-order chi connectivity index (χ0) is 13.2. The second-order valence-electron chi connectivity index (χ2n) is 3.58. The van der Waals surface area contributed by atoms with E-state index in [1.165, 1.54) is 0 Å². The van der Waals surface area contributed by atoms with Gasteiger partial charge in [0.1, 0.15) is 18.1 Å². The summed E-state index contributed by atoms with van der Waals surface area (Å²) in [4.78, 5) is 4.07. The van der Waals surface area contributed by atoms with Crippen molar-refractivity contribution < 1.29 is 14.2 Å². The van der Waals surface area contributed by atoms with Crippen LogP contribution >= 0.6 is 0 Å². The number of aromatic nitrogens is 1. The van der Waals surface area contributed by atoms with Crippen LogP contribution in [0.25, 0.3) is 0 Å². The third kappa shape index (κ3) is 5.60. The highest BCUT2D eigenvalue weighted by Crippen LogP contribution is 2.06. The minimum atomic E-state index is -0.0729. The smallest absolute Gasteiger partial charge is 0.213 e. The van der Waals surface area contributed by atoms with Gasteiger partial charge in [0.05, 0.1) is 6.61 Å². The molecule has 0 aliphatic heterocycles. The fourth-order valence-electron chi connectivity index (χ4n) is 1.26. The van der Waals surface area contributed by atoms with Gasteiger partial charge in [-0.2, -0.15) is 0 Å². The van der Waals surface area contributed by atoms with Crippen molar-refractivity contribution in [2.75, 3.05) is 33.5 Å². The molecule has 0 radical (unpaired) electrons. The maximum atomic E-state index is 7.26. The number of rotatable bonds is 9. The van der Waals surface area contributed by atoms with Crippen molar-refractivity contribution >= 4 is 5.84 Å². The Bertz CT molecular complexity index is 371. The van der Waals surface area contributed by atoms with E-state index in [0.29, 0.717) is 38.0 Å². The minimum absolute atomic E-state index is 0.0729. The van der Waals surface area contributed by atoms with Gasteiger partial charge in [-0.3, -0.25) is 5.41 Å². The van der Waals surface area contributed by atoms with Gasteiger partial charge >= 0.3 is 0 Å². The summed E-state index contributed by atoms with van der Waals surface area (Å²) in [5.41, 5.74) is 5.74. The van der Waals surface area contributed by atoms with Gasteiger partial charge in [0.2, 0.25) is 5.88 Å². The molecule has 0 aliphatic carbocycles. The number of nitrogens with two attached hydrogens (primary N) is 1. The molecule has 18 heavy (non-hydrogen) atoms. The van der Waals surface area contributed by atoms with Crippen LogP contribution < -0.4 is 10.5 Å². The second kappa shape index (κ2) is 8.43. The largest absolute Gasteiger partial charge is 0.475 e. The number of nitrogens with one attached hydrogen (secondary N) is 1. The number of methoxy groups -OCH3 is 1. The predicted octanol–water partition coefficient (Wildman–Crippen LogP) is 0.798. The lowest BCUT2D eigenvalue weighted by Gasteiger charge is -2.07. The van der Waals surface area contributed by atoms with Crippen LogP contribution in [-0.2, 0) is 9.47 Å². The number of amidine groups is 1. The predicted molar refractivity (Wildman–Crippen MR) is 68.1 cm³/mol. The van der Waals surface area contributed by atoms with Crippen molar-refractivity contribution in [1.82, 2.24) is 4.98 Å². The van der Waals surface area contributed by atoms with Crippen LogP contribution in [0.2, 0.25) is 0 Å². The number of hydrogen-bond donors (Lipinski definition) is 2. The standard InChI is InChI=1S/C12H19N3O3/c1-16-6-3-7-17-8-9-18-11-5-2-4-10(15-11)12(13)14/h2,4-5H,3,6-9H2,1H3,(H3,13,14). The van der Waals surface area contributed by atoms with Crippen LogP contribution in [0.1, 0.15) is 12.1 Å². The van der Waals surface area contributed by atoms with E-state index < -0.39 is 0 Å². The van der Waals surface area contributed by atoms with Gasteiger partial charge in [-0.25, -0.2) is 4.98 Å². The average Bonchev–Trinajstić information content (AvgIpc) is 2.38. The Balaban J connectivity index is 2.19. The molecule has 0 fully saturated rings. The van der Waals surface area contributed by atoms with E-state index in [-0.39, 0.29) is 5.84 Å². The van der Waals surface area contributed by atoms with Crippen molar-refractivity contribution in [3.05, 3.63) is 23.9 Å². The molecule has 6 heteroatoms. The summed E-state index contributed by atoms with van der Waals surface area (Å²) in [6.45, 7) is 2.26. The molecule has 1 rings (SSSR count). The molecule has 0 unspecified atom stereocenters. The quantitative estimate of drug-likeness (QED) is 0.386. The van der Waals surface area contributed by atoms with Crippen molar-refractivity contribution in [1.29, 1.82) is 5.41 Å². The van der Waals surface area contributed by atoms with Gasteiger partial charge < -0.3 is 19.9 Å². The molecule has 0 saturated carbocycles. The third-order valence-electron chi connectivity index (χ3n) is 2.11.